The van der Waals surface area contributed by atoms with Gasteiger partial charge in [0, 0.05) is 6.42 Å². The van der Waals surface area contributed by atoms with Crippen LogP contribution in [-0.4, -0.2) is 17.3 Å². The molecule has 0 aliphatic heterocycles. The zero-order valence-electron chi connectivity index (χ0n) is 20.7. The van der Waals surface area contributed by atoms with E-state index < -0.39 is 5.24 Å². The van der Waals surface area contributed by atoms with Crippen LogP contribution in [0.2, 0.25) is 0 Å². The maximum Gasteiger partial charge on any atom is 0.306 e. The van der Waals surface area contributed by atoms with Crippen LogP contribution in [0.5, 0.6) is 0 Å². The molecular formula is C27H51ClO3. The predicted octanol–water partition coefficient (Wildman–Crippen LogP) is 9.29. The predicted molar refractivity (Wildman–Crippen MR) is 134 cm³/mol. The molecule has 0 aromatic carbocycles. The molecule has 0 aromatic heterocycles. The Morgan fingerprint density at radius 2 is 1.00 bits per heavy atom. The smallest absolute Gasteiger partial charge is 0.306 e. The normalized spacial score (nSPS) is 12.1. The summed E-state index contributed by atoms with van der Waals surface area (Å²) < 4.78 is 5.43. The molecule has 31 heavy (non-hydrogen) atoms. The number of carbonyl (C=O) groups is 2. The van der Waals surface area contributed by atoms with E-state index in [1.165, 1.54) is 109 Å². The molecule has 1 unspecified atom stereocenters. The molecule has 0 spiro atoms. The first kappa shape index (κ1) is 30.4. The van der Waals surface area contributed by atoms with Crippen molar-refractivity contribution in [2.45, 2.75) is 161 Å². The number of carbonyl (C=O) groups excluding carboxylic acids is 2. The quantitative estimate of drug-likeness (QED) is 0.0821. The number of rotatable bonds is 24. The molecule has 0 radical (unpaired) electrons. The fourth-order valence-corrected chi connectivity index (χ4v) is 4.16. The summed E-state index contributed by atoms with van der Waals surface area (Å²) in [5, 5.41) is -0.478. The van der Waals surface area contributed by atoms with E-state index in [4.69, 9.17) is 16.3 Å². The summed E-state index contributed by atoms with van der Waals surface area (Å²) >= 11 is 5.26. The van der Waals surface area contributed by atoms with Crippen LogP contribution in [0.25, 0.3) is 0 Å². The summed E-state index contributed by atoms with van der Waals surface area (Å²) in [6.45, 7) is 4.32. The average molecular weight is 459 g/mol. The summed E-state index contributed by atoms with van der Waals surface area (Å²) in [6, 6.07) is 0. The highest BCUT2D eigenvalue weighted by Crippen LogP contribution is 2.16. The molecule has 0 saturated heterocycles. The highest BCUT2D eigenvalue weighted by Gasteiger charge is 2.13. The van der Waals surface area contributed by atoms with Gasteiger partial charge in [0.2, 0.25) is 5.24 Å². The van der Waals surface area contributed by atoms with Crippen molar-refractivity contribution in [1.82, 2.24) is 0 Å². The zero-order chi connectivity index (χ0) is 23.0. The highest BCUT2D eigenvalue weighted by molar-refractivity contribution is 6.63. The minimum Gasteiger partial charge on any atom is -0.462 e. The van der Waals surface area contributed by atoms with Crippen molar-refractivity contribution < 1.29 is 14.3 Å². The fraction of sp³-hybridized carbons (Fsp3) is 0.926. The van der Waals surface area contributed by atoms with Crippen LogP contribution in [0.4, 0.5) is 0 Å². The van der Waals surface area contributed by atoms with Crippen LogP contribution in [0.3, 0.4) is 0 Å². The number of hydrogen-bond donors (Lipinski definition) is 0. The second-order valence-corrected chi connectivity index (χ2v) is 9.60. The molecule has 0 rings (SSSR count). The summed E-state index contributed by atoms with van der Waals surface area (Å²) in [6.07, 6.45) is 26.6. The lowest BCUT2D eigenvalue weighted by molar-refractivity contribution is -0.150. The lowest BCUT2D eigenvalue weighted by atomic mass is 10.0. The van der Waals surface area contributed by atoms with E-state index >= 15 is 0 Å². The van der Waals surface area contributed by atoms with E-state index in [1.54, 1.807) is 0 Å². The molecule has 0 aliphatic carbocycles. The van der Waals surface area contributed by atoms with Gasteiger partial charge in [-0.05, 0) is 30.9 Å². The molecule has 0 amide bonds. The fourth-order valence-electron chi connectivity index (χ4n) is 4.07. The maximum atomic E-state index is 11.7. The first-order valence-electron chi connectivity index (χ1n) is 13.5. The highest BCUT2D eigenvalue weighted by atomic mass is 35.5. The summed E-state index contributed by atoms with van der Waals surface area (Å²) in [5.41, 5.74) is 0. The van der Waals surface area contributed by atoms with E-state index in [2.05, 4.69) is 6.92 Å². The van der Waals surface area contributed by atoms with Gasteiger partial charge in [0.15, 0.2) is 0 Å². The Morgan fingerprint density at radius 1 is 0.613 bits per heavy atom. The van der Waals surface area contributed by atoms with Gasteiger partial charge < -0.3 is 4.74 Å². The number of ether oxygens (including phenoxy) is 1. The lowest BCUT2D eigenvalue weighted by Crippen LogP contribution is -2.17. The molecule has 0 N–H and O–H groups in total. The van der Waals surface area contributed by atoms with Gasteiger partial charge >= 0.3 is 5.97 Å². The molecule has 0 bridgehead atoms. The van der Waals surface area contributed by atoms with Crippen LogP contribution in [-0.2, 0) is 14.3 Å². The molecule has 0 heterocycles. The number of halogens is 1. The summed E-state index contributed by atoms with van der Waals surface area (Å²) in [4.78, 5) is 22.4. The van der Waals surface area contributed by atoms with E-state index in [0.717, 1.165) is 19.3 Å². The van der Waals surface area contributed by atoms with Crippen molar-refractivity contribution in [3.8, 4) is 0 Å². The van der Waals surface area contributed by atoms with Crippen molar-refractivity contribution >= 4 is 22.8 Å². The van der Waals surface area contributed by atoms with Crippen molar-refractivity contribution in [2.75, 3.05) is 0 Å². The molecule has 184 valence electrons. The Kier molecular flexibility index (Phi) is 23.6. The van der Waals surface area contributed by atoms with Gasteiger partial charge in [-0.3, -0.25) is 9.59 Å². The van der Waals surface area contributed by atoms with E-state index in [9.17, 15) is 9.59 Å². The van der Waals surface area contributed by atoms with Crippen LogP contribution in [0.1, 0.15) is 155 Å². The molecular weight excluding hydrogens is 408 g/mol. The first-order valence-corrected chi connectivity index (χ1v) is 13.9. The third-order valence-corrected chi connectivity index (χ3v) is 6.35. The molecule has 1 atom stereocenters. The molecule has 0 aliphatic rings. The van der Waals surface area contributed by atoms with Crippen LogP contribution in [0, 0.1) is 0 Å². The summed E-state index contributed by atoms with van der Waals surface area (Å²) in [5.74, 6) is -0.303. The van der Waals surface area contributed by atoms with Gasteiger partial charge in [-0.2, -0.15) is 0 Å². The Hall–Kier alpha value is -0.570. The van der Waals surface area contributed by atoms with Gasteiger partial charge in [0.05, 0.1) is 6.42 Å². The Balaban J connectivity index is 3.31. The Labute approximate surface area is 198 Å². The number of esters is 1. The van der Waals surface area contributed by atoms with E-state index in [-0.39, 0.29) is 24.9 Å². The van der Waals surface area contributed by atoms with Gasteiger partial charge in [0.25, 0.3) is 0 Å². The van der Waals surface area contributed by atoms with Crippen LogP contribution >= 0.6 is 11.6 Å². The lowest BCUT2D eigenvalue weighted by Gasteiger charge is -2.15. The van der Waals surface area contributed by atoms with Crippen LogP contribution < -0.4 is 0 Å². The standard InChI is InChI=1S/C27H51ClO3/c1-3-5-6-7-8-9-10-11-12-13-14-15-16-17-18-19-20-21-22-25(4-2)31-27(30)24-23-26(28)29/h25H,3-24H2,1-2H3. The van der Waals surface area contributed by atoms with Crippen molar-refractivity contribution in [1.29, 1.82) is 0 Å². The van der Waals surface area contributed by atoms with Gasteiger partial charge in [-0.25, -0.2) is 0 Å². The van der Waals surface area contributed by atoms with E-state index in [0.29, 0.717) is 0 Å². The average Bonchev–Trinajstić information content (AvgIpc) is 2.76. The van der Waals surface area contributed by atoms with Crippen molar-refractivity contribution in [3.05, 3.63) is 0 Å². The van der Waals surface area contributed by atoms with Gasteiger partial charge in [-0.15, -0.1) is 0 Å². The number of unbranched alkanes of at least 4 members (excludes halogenated alkanes) is 17. The molecule has 0 aromatic rings. The Morgan fingerprint density at radius 3 is 1.35 bits per heavy atom. The molecule has 3 nitrogen and oxygen atoms in total. The van der Waals surface area contributed by atoms with E-state index in [1.807, 2.05) is 6.92 Å². The zero-order valence-corrected chi connectivity index (χ0v) is 21.5. The Bertz CT molecular complexity index is 411. The second-order valence-electron chi connectivity index (χ2n) is 9.17. The summed E-state index contributed by atoms with van der Waals surface area (Å²) in [7, 11) is 0. The van der Waals surface area contributed by atoms with Crippen LogP contribution in [0.15, 0.2) is 0 Å². The molecule has 4 heteroatoms. The minimum atomic E-state index is -0.478. The van der Waals surface area contributed by atoms with Crippen molar-refractivity contribution in [3.63, 3.8) is 0 Å². The minimum absolute atomic E-state index is 0.0148. The topological polar surface area (TPSA) is 43.4 Å². The molecule has 0 saturated carbocycles. The van der Waals surface area contributed by atoms with Gasteiger partial charge in [-0.1, -0.05) is 123 Å². The monoisotopic (exact) mass is 458 g/mol. The largest absolute Gasteiger partial charge is 0.462 e. The third kappa shape index (κ3) is 23.9. The van der Waals surface area contributed by atoms with Gasteiger partial charge in [0.1, 0.15) is 6.10 Å². The second kappa shape index (κ2) is 24.1. The maximum absolute atomic E-state index is 11.7. The van der Waals surface area contributed by atoms with Crippen molar-refractivity contribution in [2.24, 2.45) is 0 Å². The SMILES string of the molecule is CCCCCCCCCCCCCCCCCCCCC(CC)OC(=O)CCC(=O)Cl. The number of hydrogen-bond acceptors (Lipinski definition) is 3. The molecule has 0 fully saturated rings. The third-order valence-electron chi connectivity index (χ3n) is 6.16. The first-order chi connectivity index (χ1) is 15.1.